The summed E-state index contributed by atoms with van der Waals surface area (Å²) < 4.78 is 11.0. The highest BCUT2D eigenvalue weighted by atomic mass is 16.5. The lowest BCUT2D eigenvalue weighted by molar-refractivity contribution is 0.153. The number of aryl methyl sites for hydroxylation is 1. The van der Waals surface area contributed by atoms with Crippen molar-refractivity contribution in [1.82, 2.24) is 9.80 Å². The molecule has 0 radical (unpaired) electrons. The molecule has 1 heterocycles. The molecule has 1 fully saturated rings. The predicted octanol–water partition coefficient (Wildman–Crippen LogP) is 2.19. The minimum atomic E-state index is 0.949. The lowest BCUT2D eigenvalue weighted by Crippen LogP contribution is -2.44. The Balaban J connectivity index is 1.93. The normalized spacial score (nSPS) is 17.0. The van der Waals surface area contributed by atoms with E-state index in [4.69, 9.17) is 9.47 Å². The summed E-state index contributed by atoms with van der Waals surface area (Å²) in [6, 6.07) is 4.18. The van der Waals surface area contributed by atoms with E-state index in [1.807, 2.05) is 0 Å². The van der Waals surface area contributed by atoms with E-state index in [9.17, 15) is 0 Å². The molecule has 1 aliphatic heterocycles. The van der Waals surface area contributed by atoms with Crippen molar-refractivity contribution in [3.05, 3.63) is 23.3 Å². The molecule has 2 rings (SSSR count). The first kappa shape index (κ1) is 16.1. The molecule has 0 aliphatic carbocycles. The molecule has 0 aromatic heterocycles. The van der Waals surface area contributed by atoms with Gasteiger partial charge in [-0.15, -0.1) is 0 Å². The molecule has 4 heteroatoms. The van der Waals surface area contributed by atoms with Gasteiger partial charge in [-0.3, -0.25) is 0 Å². The summed E-state index contributed by atoms with van der Waals surface area (Å²) in [6.07, 6.45) is 2.14. The van der Waals surface area contributed by atoms with Crippen LogP contribution in [0, 0.1) is 6.92 Å². The molecule has 0 atom stereocenters. The average molecular weight is 292 g/mol. The van der Waals surface area contributed by atoms with Crippen LogP contribution in [-0.4, -0.2) is 63.8 Å². The van der Waals surface area contributed by atoms with Crippen molar-refractivity contribution in [2.45, 2.75) is 19.8 Å². The number of piperazine rings is 1. The minimum absolute atomic E-state index is 0.949. The second kappa shape index (κ2) is 7.66. The summed E-state index contributed by atoms with van der Waals surface area (Å²) in [4.78, 5) is 4.94. The fourth-order valence-corrected chi connectivity index (χ4v) is 2.91. The number of benzene rings is 1. The highest BCUT2D eigenvalue weighted by Crippen LogP contribution is 2.31. The van der Waals surface area contributed by atoms with Gasteiger partial charge in [-0.1, -0.05) is 0 Å². The van der Waals surface area contributed by atoms with Crippen molar-refractivity contribution in [3.63, 3.8) is 0 Å². The second-order valence-corrected chi connectivity index (χ2v) is 5.90. The van der Waals surface area contributed by atoms with Gasteiger partial charge in [0.15, 0.2) is 0 Å². The van der Waals surface area contributed by atoms with Crippen molar-refractivity contribution >= 4 is 0 Å². The largest absolute Gasteiger partial charge is 0.496 e. The van der Waals surface area contributed by atoms with Gasteiger partial charge in [-0.2, -0.15) is 0 Å². The Kier molecular flexibility index (Phi) is 5.88. The topological polar surface area (TPSA) is 24.9 Å². The first-order valence-electron chi connectivity index (χ1n) is 7.76. The Hall–Kier alpha value is -1.26. The van der Waals surface area contributed by atoms with E-state index in [1.165, 1.54) is 37.3 Å². The smallest absolute Gasteiger partial charge is 0.126 e. The van der Waals surface area contributed by atoms with Gasteiger partial charge < -0.3 is 19.3 Å². The Labute approximate surface area is 128 Å². The lowest BCUT2D eigenvalue weighted by atomic mass is 10.0. The SMILES string of the molecule is COc1cc(C)cc(OC)c1CCCN1CCN(C)CC1. The van der Waals surface area contributed by atoms with Crippen LogP contribution in [0.3, 0.4) is 0 Å². The van der Waals surface area contributed by atoms with Gasteiger partial charge in [-0.25, -0.2) is 0 Å². The third-order valence-corrected chi connectivity index (χ3v) is 4.25. The molecule has 4 nitrogen and oxygen atoms in total. The van der Waals surface area contributed by atoms with Crippen LogP contribution in [0.25, 0.3) is 0 Å². The highest BCUT2D eigenvalue weighted by Gasteiger charge is 2.15. The molecular weight excluding hydrogens is 264 g/mol. The fraction of sp³-hybridized carbons (Fsp3) is 0.647. The average Bonchev–Trinajstić information content (AvgIpc) is 2.49. The van der Waals surface area contributed by atoms with Crippen LogP contribution >= 0.6 is 0 Å². The molecule has 21 heavy (non-hydrogen) atoms. The Morgan fingerprint density at radius 3 is 2.10 bits per heavy atom. The van der Waals surface area contributed by atoms with Crippen LogP contribution < -0.4 is 9.47 Å². The third kappa shape index (κ3) is 4.35. The van der Waals surface area contributed by atoms with E-state index < -0.39 is 0 Å². The summed E-state index contributed by atoms with van der Waals surface area (Å²) >= 11 is 0. The molecule has 0 unspecified atom stereocenters. The number of nitrogens with zero attached hydrogens (tertiary/aromatic N) is 2. The molecule has 1 aromatic rings. The summed E-state index contributed by atoms with van der Waals surface area (Å²) in [5.74, 6) is 1.90. The third-order valence-electron chi connectivity index (χ3n) is 4.25. The number of ether oxygens (including phenoxy) is 2. The summed E-state index contributed by atoms with van der Waals surface area (Å²) in [5, 5.41) is 0. The summed E-state index contributed by atoms with van der Waals surface area (Å²) in [6.45, 7) is 7.93. The van der Waals surface area contributed by atoms with E-state index in [1.54, 1.807) is 14.2 Å². The molecule has 1 aliphatic rings. The van der Waals surface area contributed by atoms with Crippen LogP contribution in [0.5, 0.6) is 11.5 Å². The number of hydrogen-bond acceptors (Lipinski definition) is 4. The minimum Gasteiger partial charge on any atom is -0.496 e. The molecule has 0 bridgehead atoms. The molecule has 118 valence electrons. The summed E-state index contributed by atoms with van der Waals surface area (Å²) in [5.41, 5.74) is 2.37. The molecule has 1 aromatic carbocycles. The quantitative estimate of drug-likeness (QED) is 0.802. The van der Waals surface area contributed by atoms with Crippen LogP contribution in [0.1, 0.15) is 17.5 Å². The fourth-order valence-electron chi connectivity index (χ4n) is 2.91. The molecule has 0 amide bonds. The van der Waals surface area contributed by atoms with Crippen molar-refractivity contribution in [2.75, 3.05) is 54.0 Å². The Morgan fingerprint density at radius 1 is 1.00 bits per heavy atom. The number of rotatable bonds is 6. The monoisotopic (exact) mass is 292 g/mol. The Morgan fingerprint density at radius 2 is 1.57 bits per heavy atom. The van der Waals surface area contributed by atoms with Gasteiger partial charge in [-0.05, 0) is 51.1 Å². The van der Waals surface area contributed by atoms with Crippen molar-refractivity contribution in [1.29, 1.82) is 0 Å². The standard InChI is InChI=1S/C17H28N2O2/c1-14-12-16(20-3)15(17(13-14)21-4)6-5-7-19-10-8-18(2)9-11-19/h12-13H,5-11H2,1-4H3. The maximum absolute atomic E-state index is 5.52. The van der Waals surface area contributed by atoms with Crippen LogP contribution in [0.2, 0.25) is 0 Å². The number of likely N-dealkylation sites (N-methyl/N-ethyl adjacent to an activating group) is 1. The molecule has 0 saturated carbocycles. The zero-order chi connectivity index (χ0) is 15.2. The molecule has 1 saturated heterocycles. The van der Waals surface area contributed by atoms with Gasteiger partial charge in [0.2, 0.25) is 0 Å². The summed E-state index contributed by atoms with van der Waals surface area (Å²) in [7, 11) is 5.66. The Bertz CT molecular complexity index is 429. The van der Waals surface area contributed by atoms with E-state index in [0.717, 1.165) is 30.9 Å². The molecule has 0 N–H and O–H groups in total. The zero-order valence-corrected chi connectivity index (χ0v) is 13.8. The second-order valence-electron chi connectivity index (χ2n) is 5.90. The van der Waals surface area contributed by atoms with Gasteiger partial charge in [0.1, 0.15) is 11.5 Å². The van der Waals surface area contributed by atoms with Crippen LogP contribution in [0.15, 0.2) is 12.1 Å². The lowest BCUT2D eigenvalue weighted by Gasteiger charge is -2.32. The number of methoxy groups -OCH3 is 2. The van der Waals surface area contributed by atoms with Gasteiger partial charge in [0.25, 0.3) is 0 Å². The highest BCUT2D eigenvalue weighted by molar-refractivity contribution is 5.47. The van der Waals surface area contributed by atoms with Gasteiger partial charge in [0.05, 0.1) is 14.2 Å². The van der Waals surface area contributed by atoms with Crippen molar-refractivity contribution in [3.8, 4) is 11.5 Å². The maximum Gasteiger partial charge on any atom is 0.126 e. The van der Waals surface area contributed by atoms with Gasteiger partial charge >= 0.3 is 0 Å². The number of hydrogen-bond donors (Lipinski definition) is 0. The van der Waals surface area contributed by atoms with Crippen LogP contribution in [-0.2, 0) is 6.42 Å². The molecular formula is C17H28N2O2. The van der Waals surface area contributed by atoms with Crippen molar-refractivity contribution < 1.29 is 9.47 Å². The van der Waals surface area contributed by atoms with E-state index in [0.29, 0.717) is 0 Å². The first-order chi connectivity index (χ1) is 10.1. The zero-order valence-electron chi connectivity index (χ0n) is 13.8. The van der Waals surface area contributed by atoms with E-state index >= 15 is 0 Å². The van der Waals surface area contributed by atoms with Crippen LogP contribution in [0.4, 0.5) is 0 Å². The van der Waals surface area contributed by atoms with Crippen molar-refractivity contribution in [2.24, 2.45) is 0 Å². The van der Waals surface area contributed by atoms with E-state index in [-0.39, 0.29) is 0 Å². The first-order valence-corrected chi connectivity index (χ1v) is 7.76. The van der Waals surface area contributed by atoms with Gasteiger partial charge in [0, 0.05) is 31.7 Å². The maximum atomic E-state index is 5.52. The van der Waals surface area contributed by atoms with E-state index in [2.05, 4.69) is 35.9 Å². The predicted molar refractivity (Wildman–Crippen MR) is 86.5 cm³/mol. The molecule has 0 spiro atoms.